The number of aliphatic hydroxyl groups is 1. The van der Waals surface area contributed by atoms with Gasteiger partial charge in [0.15, 0.2) is 5.69 Å². The minimum absolute atomic E-state index is 0.259. The first-order valence-electron chi connectivity index (χ1n) is 5.74. The van der Waals surface area contributed by atoms with E-state index in [4.69, 9.17) is 5.11 Å². The average molecular weight is 287 g/mol. The third kappa shape index (κ3) is 8.46. The summed E-state index contributed by atoms with van der Waals surface area (Å²) in [5, 5.41) is 8.83. The van der Waals surface area contributed by atoms with E-state index in [-0.39, 0.29) is 6.61 Å². The van der Waals surface area contributed by atoms with E-state index >= 15 is 0 Å². The first kappa shape index (κ1) is 17.4. The Morgan fingerprint density at radius 1 is 1.33 bits per heavy atom. The van der Waals surface area contributed by atoms with Crippen molar-refractivity contribution in [2.45, 2.75) is 39.7 Å². The van der Waals surface area contributed by atoms with Gasteiger partial charge in [-0.1, -0.05) is 24.7 Å². The van der Waals surface area contributed by atoms with Crippen molar-refractivity contribution in [1.82, 2.24) is 0 Å². The number of hydrogen-bond donors (Lipinski definition) is 1. The highest BCUT2D eigenvalue weighted by molar-refractivity contribution is 7.09. The molecule has 1 aromatic rings. The van der Waals surface area contributed by atoms with Crippen LogP contribution >= 0.6 is 11.3 Å². The summed E-state index contributed by atoms with van der Waals surface area (Å²) >= 11 is 1.75. The SMILES string of the molecule is CCCC[n+]1csc(CCO)c1C.F[B-](F)(F)F. The van der Waals surface area contributed by atoms with Crippen LogP contribution in [0.1, 0.15) is 30.3 Å². The Balaban J connectivity index is 0.000000494. The average Bonchev–Trinajstić information content (AvgIpc) is 2.56. The number of unbranched alkanes of at least 4 members (excludes halogenated alkanes) is 1. The van der Waals surface area contributed by atoms with Gasteiger partial charge in [0, 0.05) is 26.4 Å². The first-order valence-corrected chi connectivity index (χ1v) is 6.62. The fourth-order valence-corrected chi connectivity index (χ4v) is 2.36. The fraction of sp³-hybridized carbons (Fsp3) is 0.700. The van der Waals surface area contributed by atoms with E-state index < -0.39 is 7.25 Å². The zero-order valence-corrected chi connectivity index (χ0v) is 11.3. The molecule has 0 aromatic carbocycles. The van der Waals surface area contributed by atoms with Crippen LogP contribution in [-0.2, 0) is 13.0 Å². The van der Waals surface area contributed by atoms with Gasteiger partial charge in [-0.25, -0.2) is 0 Å². The summed E-state index contributed by atoms with van der Waals surface area (Å²) in [5.41, 5.74) is 3.49. The number of hydrogen-bond acceptors (Lipinski definition) is 2. The van der Waals surface area contributed by atoms with E-state index in [1.165, 1.54) is 23.4 Å². The number of aryl methyl sites for hydroxylation is 1. The molecule has 0 spiro atoms. The monoisotopic (exact) mass is 287 g/mol. The smallest absolute Gasteiger partial charge is 0.418 e. The number of aromatic nitrogens is 1. The summed E-state index contributed by atoms with van der Waals surface area (Å²) < 4.78 is 41.3. The van der Waals surface area contributed by atoms with Crippen molar-refractivity contribution in [2.24, 2.45) is 0 Å². The second kappa shape index (κ2) is 8.47. The molecular formula is C10H18BF4NOS. The third-order valence-corrected chi connectivity index (χ3v) is 3.39. The highest BCUT2D eigenvalue weighted by Crippen LogP contribution is 2.11. The van der Waals surface area contributed by atoms with Gasteiger partial charge < -0.3 is 22.4 Å². The molecule has 0 saturated carbocycles. The van der Waals surface area contributed by atoms with Crippen LogP contribution in [-0.4, -0.2) is 19.0 Å². The Hall–Kier alpha value is -0.625. The van der Waals surface area contributed by atoms with Gasteiger partial charge in [-0.2, -0.15) is 4.57 Å². The maximum atomic E-state index is 9.75. The summed E-state index contributed by atoms with van der Waals surface area (Å²) in [6, 6.07) is 0. The number of rotatable bonds is 5. The van der Waals surface area contributed by atoms with Crippen LogP contribution < -0.4 is 4.57 Å². The number of aliphatic hydroxyl groups excluding tert-OH is 1. The Morgan fingerprint density at radius 2 is 1.89 bits per heavy atom. The van der Waals surface area contributed by atoms with Gasteiger partial charge >= 0.3 is 7.25 Å². The van der Waals surface area contributed by atoms with Crippen molar-refractivity contribution in [2.75, 3.05) is 6.61 Å². The van der Waals surface area contributed by atoms with E-state index in [0.717, 1.165) is 13.0 Å². The number of halogens is 4. The minimum atomic E-state index is -6.00. The lowest BCUT2D eigenvalue weighted by Gasteiger charge is -1.94. The molecule has 106 valence electrons. The van der Waals surface area contributed by atoms with Gasteiger partial charge in [0.05, 0.1) is 4.88 Å². The minimum Gasteiger partial charge on any atom is -0.418 e. The number of nitrogens with zero attached hydrogens (tertiary/aromatic N) is 1. The molecule has 0 unspecified atom stereocenters. The lowest BCUT2D eigenvalue weighted by atomic mass is 10.3. The van der Waals surface area contributed by atoms with Gasteiger partial charge in [-0.3, -0.25) is 0 Å². The molecule has 1 rings (SSSR count). The first-order chi connectivity index (χ1) is 8.29. The predicted octanol–water partition coefficient (Wildman–Crippen LogP) is 2.98. The molecule has 0 aliphatic rings. The standard InChI is InChI=1S/C10H18NOS.BF4/c1-3-4-6-11-8-13-10(5-7-12)9(11)2;2-1(3,4)5/h8,12H,3-7H2,1-2H3;/q+1;-1. The molecule has 0 radical (unpaired) electrons. The molecule has 1 heterocycles. The molecule has 0 saturated heterocycles. The van der Waals surface area contributed by atoms with Crippen LogP contribution in [0.15, 0.2) is 5.51 Å². The molecule has 0 fully saturated rings. The largest absolute Gasteiger partial charge is 0.673 e. The van der Waals surface area contributed by atoms with Gasteiger partial charge in [0.1, 0.15) is 6.54 Å². The maximum absolute atomic E-state index is 9.75. The predicted molar refractivity (Wildman–Crippen MR) is 65.1 cm³/mol. The van der Waals surface area contributed by atoms with Gasteiger partial charge in [0.2, 0.25) is 5.51 Å². The molecular weight excluding hydrogens is 269 g/mol. The third-order valence-electron chi connectivity index (χ3n) is 2.25. The lowest BCUT2D eigenvalue weighted by molar-refractivity contribution is -0.698. The zero-order valence-electron chi connectivity index (χ0n) is 10.5. The molecule has 1 aromatic heterocycles. The molecule has 1 N–H and O–H groups in total. The van der Waals surface area contributed by atoms with Crippen molar-refractivity contribution in [1.29, 1.82) is 0 Å². The molecule has 0 aliphatic carbocycles. The summed E-state index contributed by atoms with van der Waals surface area (Å²) in [6.07, 6.45) is 3.27. The normalized spacial score (nSPS) is 11.1. The molecule has 2 nitrogen and oxygen atoms in total. The zero-order chi connectivity index (χ0) is 14.2. The molecule has 0 amide bonds. The summed E-state index contributed by atoms with van der Waals surface area (Å²) in [6.45, 7) is 5.72. The van der Waals surface area contributed by atoms with E-state index in [1.807, 2.05) is 0 Å². The van der Waals surface area contributed by atoms with Crippen molar-refractivity contribution >= 4 is 18.6 Å². The Bertz CT molecular complexity index is 337. The Morgan fingerprint density at radius 3 is 2.33 bits per heavy atom. The molecule has 8 heteroatoms. The summed E-state index contributed by atoms with van der Waals surface area (Å²) in [5.74, 6) is 0. The Kier molecular flexibility index (Phi) is 8.18. The molecule has 18 heavy (non-hydrogen) atoms. The highest BCUT2D eigenvalue weighted by atomic mass is 32.1. The van der Waals surface area contributed by atoms with Crippen molar-refractivity contribution in [3.8, 4) is 0 Å². The van der Waals surface area contributed by atoms with E-state index in [2.05, 4.69) is 23.9 Å². The van der Waals surface area contributed by atoms with Gasteiger partial charge in [-0.15, -0.1) is 0 Å². The number of thiazole rings is 1. The summed E-state index contributed by atoms with van der Waals surface area (Å²) in [7, 11) is -6.00. The van der Waals surface area contributed by atoms with Crippen LogP contribution in [0.4, 0.5) is 17.3 Å². The van der Waals surface area contributed by atoms with E-state index in [1.54, 1.807) is 11.3 Å². The van der Waals surface area contributed by atoms with Crippen LogP contribution in [0.2, 0.25) is 0 Å². The van der Waals surface area contributed by atoms with Crippen LogP contribution in [0.5, 0.6) is 0 Å². The van der Waals surface area contributed by atoms with Crippen LogP contribution in [0.25, 0.3) is 0 Å². The topological polar surface area (TPSA) is 24.1 Å². The fourth-order valence-electron chi connectivity index (χ4n) is 1.34. The van der Waals surface area contributed by atoms with Crippen molar-refractivity contribution in [3.05, 3.63) is 16.1 Å². The second-order valence-electron chi connectivity index (χ2n) is 3.75. The van der Waals surface area contributed by atoms with E-state index in [0.29, 0.717) is 0 Å². The molecule has 0 atom stereocenters. The van der Waals surface area contributed by atoms with Gasteiger partial charge in [0.25, 0.3) is 0 Å². The highest BCUT2D eigenvalue weighted by Gasteiger charge is 2.20. The maximum Gasteiger partial charge on any atom is 0.673 e. The van der Waals surface area contributed by atoms with Crippen molar-refractivity contribution < 1.29 is 26.9 Å². The van der Waals surface area contributed by atoms with E-state index in [9.17, 15) is 17.3 Å². The summed E-state index contributed by atoms with van der Waals surface area (Å²) in [4.78, 5) is 1.32. The van der Waals surface area contributed by atoms with Gasteiger partial charge in [-0.05, 0) is 0 Å². The second-order valence-corrected chi connectivity index (χ2v) is 4.69. The van der Waals surface area contributed by atoms with Crippen molar-refractivity contribution in [3.63, 3.8) is 0 Å². The van der Waals surface area contributed by atoms with Crippen LogP contribution in [0.3, 0.4) is 0 Å². The molecule has 0 bridgehead atoms. The molecule has 0 aliphatic heterocycles. The Labute approximate surface area is 108 Å². The lowest BCUT2D eigenvalue weighted by Crippen LogP contribution is -2.34. The quantitative estimate of drug-likeness (QED) is 0.502. The van der Waals surface area contributed by atoms with Crippen LogP contribution in [0, 0.1) is 6.92 Å².